The van der Waals surface area contributed by atoms with Gasteiger partial charge in [-0.15, -0.1) is 0 Å². The van der Waals surface area contributed by atoms with E-state index in [2.05, 4.69) is 16.0 Å². The van der Waals surface area contributed by atoms with E-state index in [1.54, 1.807) is 13.0 Å². The first-order valence-corrected chi connectivity index (χ1v) is 19.5. The molecular weight excluding hydrogens is 684 g/mol. The minimum absolute atomic E-state index is 0.0297. The number of alkyl carbamates (subject to hydrolysis) is 1. The second-order valence-corrected chi connectivity index (χ2v) is 15.0. The van der Waals surface area contributed by atoms with Crippen molar-refractivity contribution in [3.63, 3.8) is 0 Å². The van der Waals surface area contributed by atoms with Crippen LogP contribution < -0.4 is 20.9 Å². The van der Waals surface area contributed by atoms with Crippen LogP contribution in [-0.2, 0) is 25.7 Å². The number of nitrogens with one attached hydrogen (secondary N) is 3. The van der Waals surface area contributed by atoms with Gasteiger partial charge in [0, 0.05) is 24.5 Å². The molecule has 5 N–H and O–H groups in total. The number of fused-ring (bicyclic) bond motifs is 1. The number of unbranched alkanes of at least 4 members (excludes halogenated alkanes) is 1. The van der Waals surface area contributed by atoms with E-state index in [4.69, 9.17) is 4.74 Å². The fraction of sp³-hybridized carbons (Fsp3) is 0.535. The van der Waals surface area contributed by atoms with Gasteiger partial charge in [-0.1, -0.05) is 114 Å². The summed E-state index contributed by atoms with van der Waals surface area (Å²) in [6, 6.07) is 19.6. The van der Waals surface area contributed by atoms with Crippen molar-refractivity contribution in [1.29, 1.82) is 0 Å². The van der Waals surface area contributed by atoms with Crippen LogP contribution in [0.2, 0.25) is 0 Å². The SMILES string of the molecule is CCCC[C@@H](C(=O)N[C@@H](CC(C)C)[C@@H](O)CC(CCCO)C(=O)NCC(C)C)N(C(=O)[C@H](C)NC(=O)OCc1ccccc1)c1cccc2ccccc12. The Morgan fingerprint density at radius 3 is 2.13 bits per heavy atom. The summed E-state index contributed by atoms with van der Waals surface area (Å²) in [6.45, 7) is 12.0. The summed E-state index contributed by atoms with van der Waals surface area (Å²) >= 11 is 0. The van der Waals surface area contributed by atoms with Crippen molar-refractivity contribution in [2.45, 2.75) is 117 Å². The minimum atomic E-state index is -1.07. The molecule has 4 amide bonds. The topological polar surface area (TPSA) is 157 Å². The van der Waals surface area contributed by atoms with Crippen molar-refractivity contribution in [2.24, 2.45) is 17.8 Å². The highest BCUT2D eigenvalue weighted by atomic mass is 16.5. The molecule has 0 saturated heterocycles. The van der Waals surface area contributed by atoms with Crippen molar-refractivity contribution in [3.8, 4) is 0 Å². The van der Waals surface area contributed by atoms with Crippen molar-refractivity contribution in [2.75, 3.05) is 18.1 Å². The van der Waals surface area contributed by atoms with Gasteiger partial charge in [0.05, 0.1) is 17.8 Å². The Kier molecular flexibility index (Phi) is 18.4. The molecule has 0 aromatic heterocycles. The third-order valence-electron chi connectivity index (χ3n) is 9.44. The zero-order valence-corrected chi connectivity index (χ0v) is 32.9. The first-order valence-electron chi connectivity index (χ1n) is 19.5. The molecule has 0 fully saturated rings. The van der Waals surface area contributed by atoms with Gasteiger partial charge < -0.3 is 30.9 Å². The number of nitrogens with zero attached hydrogens (tertiary/aromatic N) is 1. The Hall–Kier alpha value is -4.48. The highest BCUT2D eigenvalue weighted by molar-refractivity contribution is 6.09. The molecular formula is C43H62N4O7. The molecule has 296 valence electrons. The number of hydrogen-bond acceptors (Lipinski definition) is 7. The van der Waals surface area contributed by atoms with Crippen LogP contribution >= 0.6 is 0 Å². The zero-order valence-electron chi connectivity index (χ0n) is 32.9. The van der Waals surface area contributed by atoms with E-state index < -0.39 is 48.1 Å². The molecule has 54 heavy (non-hydrogen) atoms. The average molecular weight is 747 g/mol. The summed E-state index contributed by atoms with van der Waals surface area (Å²) in [5, 5.41) is 31.6. The Labute approximate surface area is 321 Å². The summed E-state index contributed by atoms with van der Waals surface area (Å²) in [5.74, 6) is -1.35. The van der Waals surface area contributed by atoms with E-state index in [1.165, 1.54) is 4.90 Å². The van der Waals surface area contributed by atoms with E-state index in [9.17, 15) is 29.4 Å². The lowest BCUT2D eigenvalue weighted by atomic mass is 9.89. The van der Waals surface area contributed by atoms with Crippen LogP contribution in [0.3, 0.4) is 0 Å². The second-order valence-electron chi connectivity index (χ2n) is 15.0. The molecule has 11 heteroatoms. The molecule has 0 heterocycles. The van der Waals surface area contributed by atoms with Crippen LogP contribution in [-0.4, -0.2) is 71.4 Å². The Morgan fingerprint density at radius 1 is 0.778 bits per heavy atom. The van der Waals surface area contributed by atoms with E-state index >= 15 is 0 Å². The molecule has 3 aromatic rings. The second kappa shape index (κ2) is 22.7. The maximum Gasteiger partial charge on any atom is 0.408 e. The third-order valence-corrected chi connectivity index (χ3v) is 9.44. The number of carbonyl (C=O) groups excluding carboxylic acids is 4. The van der Waals surface area contributed by atoms with Gasteiger partial charge in [-0.2, -0.15) is 0 Å². The molecule has 0 bridgehead atoms. The molecule has 0 saturated carbocycles. The van der Waals surface area contributed by atoms with Crippen molar-refractivity contribution >= 4 is 40.3 Å². The highest BCUT2D eigenvalue weighted by Gasteiger charge is 2.37. The van der Waals surface area contributed by atoms with Gasteiger partial charge in [0.15, 0.2) is 0 Å². The molecule has 0 spiro atoms. The van der Waals surface area contributed by atoms with Gasteiger partial charge in [-0.25, -0.2) is 4.79 Å². The van der Waals surface area contributed by atoms with Crippen LogP contribution in [0, 0.1) is 17.8 Å². The lowest BCUT2D eigenvalue weighted by Gasteiger charge is -2.36. The monoisotopic (exact) mass is 746 g/mol. The molecule has 0 aliphatic rings. The Bertz CT molecular complexity index is 1610. The van der Waals surface area contributed by atoms with Crippen LogP contribution in [0.4, 0.5) is 10.5 Å². The maximum atomic E-state index is 14.6. The van der Waals surface area contributed by atoms with Crippen LogP contribution in [0.1, 0.15) is 92.1 Å². The van der Waals surface area contributed by atoms with Crippen molar-refractivity contribution in [3.05, 3.63) is 78.4 Å². The minimum Gasteiger partial charge on any atom is -0.445 e. The molecule has 11 nitrogen and oxygen atoms in total. The van der Waals surface area contributed by atoms with E-state index in [0.29, 0.717) is 44.3 Å². The predicted octanol–water partition coefficient (Wildman–Crippen LogP) is 6.49. The number of anilines is 1. The average Bonchev–Trinajstić information content (AvgIpc) is 3.15. The lowest BCUT2D eigenvalue weighted by molar-refractivity contribution is -0.129. The largest absolute Gasteiger partial charge is 0.445 e. The van der Waals surface area contributed by atoms with Crippen LogP contribution in [0.15, 0.2) is 72.8 Å². The number of amides is 4. The molecule has 0 aliphatic heterocycles. The summed E-state index contributed by atoms with van der Waals surface area (Å²) in [5.41, 5.74) is 1.32. The van der Waals surface area contributed by atoms with Gasteiger partial charge in [0.2, 0.25) is 17.7 Å². The normalized spacial score (nSPS) is 14.2. The van der Waals surface area contributed by atoms with E-state index in [0.717, 1.165) is 22.8 Å². The van der Waals surface area contributed by atoms with Gasteiger partial charge >= 0.3 is 6.09 Å². The Balaban J connectivity index is 1.97. The van der Waals surface area contributed by atoms with Crippen LogP contribution in [0.25, 0.3) is 10.8 Å². The quantitative estimate of drug-likeness (QED) is 0.0787. The number of aliphatic hydroxyl groups excluding tert-OH is 2. The molecule has 1 unspecified atom stereocenters. The number of rotatable bonds is 22. The van der Waals surface area contributed by atoms with Crippen molar-refractivity contribution in [1.82, 2.24) is 16.0 Å². The molecule has 3 aromatic carbocycles. The number of benzene rings is 3. The number of carbonyl (C=O) groups is 4. The zero-order chi connectivity index (χ0) is 39.6. The summed E-state index contributed by atoms with van der Waals surface area (Å²) in [4.78, 5) is 56.8. The molecule has 3 rings (SSSR count). The summed E-state index contributed by atoms with van der Waals surface area (Å²) < 4.78 is 5.42. The van der Waals surface area contributed by atoms with Gasteiger partial charge in [-0.05, 0) is 67.9 Å². The van der Waals surface area contributed by atoms with E-state index in [-0.39, 0.29) is 37.4 Å². The third kappa shape index (κ3) is 13.7. The highest BCUT2D eigenvalue weighted by Crippen LogP contribution is 2.31. The van der Waals surface area contributed by atoms with E-state index in [1.807, 2.05) is 101 Å². The molecule has 0 aliphatic carbocycles. The van der Waals surface area contributed by atoms with Gasteiger partial charge in [-0.3, -0.25) is 19.3 Å². The van der Waals surface area contributed by atoms with Crippen molar-refractivity contribution < 1.29 is 34.1 Å². The number of aliphatic hydroxyl groups is 2. The lowest BCUT2D eigenvalue weighted by Crippen LogP contribution is -2.58. The standard InChI is InChI=1S/C43H62N4O7/c1-7-8-22-38(41(51)46-36(25-29(2)3)39(49)26-34(20-15-24-48)40(50)44-27-30(4)5)47(37-23-14-19-33-18-12-13-21-35(33)37)42(52)31(6)45-43(53)54-28-32-16-10-9-11-17-32/h9-14,16-19,21,23,29-31,34,36,38-39,48-49H,7-8,15,20,22,24-28H2,1-6H3,(H,44,50)(H,45,53)(H,46,51)/t31-,34?,36-,38-,39-/m0/s1. The Morgan fingerprint density at radius 2 is 1.46 bits per heavy atom. The predicted molar refractivity (Wildman–Crippen MR) is 214 cm³/mol. The fourth-order valence-corrected chi connectivity index (χ4v) is 6.54. The smallest absolute Gasteiger partial charge is 0.408 e. The maximum absolute atomic E-state index is 14.6. The fourth-order valence-electron chi connectivity index (χ4n) is 6.54. The first-order chi connectivity index (χ1) is 25.9. The summed E-state index contributed by atoms with van der Waals surface area (Å²) in [6.07, 6.45) is 1.20. The van der Waals surface area contributed by atoms with Gasteiger partial charge in [0.25, 0.3) is 0 Å². The number of ether oxygens (including phenoxy) is 1. The summed E-state index contributed by atoms with van der Waals surface area (Å²) in [7, 11) is 0. The number of hydrogen-bond donors (Lipinski definition) is 5. The first kappa shape index (κ1) is 43.9. The molecule has 5 atom stereocenters. The van der Waals surface area contributed by atoms with Gasteiger partial charge in [0.1, 0.15) is 18.7 Å². The molecule has 0 radical (unpaired) electrons. The van der Waals surface area contributed by atoms with Crippen LogP contribution in [0.5, 0.6) is 0 Å².